The highest BCUT2D eigenvalue weighted by Gasteiger charge is 2.38. The zero-order valence-electron chi connectivity index (χ0n) is 18.3. The number of carboxylic acids is 1. The van der Waals surface area contributed by atoms with Crippen LogP contribution in [0, 0.1) is 0 Å². The number of fused-ring (bicyclic) bond motifs is 1. The molecule has 3 aromatic rings. The molecule has 10 nitrogen and oxygen atoms in total. The molecule has 0 radical (unpaired) electrons. The molecule has 3 heterocycles. The summed E-state index contributed by atoms with van der Waals surface area (Å²) in [5.74, 6) is -2.78. The fraction of sp³-hybridized carbons (Fsp3) is 0.286. The quantitative estimate of drug-likeness (QED) is 0.428. The SMILES string of the molecule is Nc1ncnc2cc(CN3CC[C@H](NC(=O)COc4ccc(Cl)s4)C3=O)ccc12.O=C(O)C(F)(F)F. The van der Waals surface area contributed by atoms with Gasteiger partial charge in [0.15, 0.2) is 11.7 Å². The molecule has 0 spiro atoms. The molecule has 4 rings (SSSR count). The number of thiophene rings is 1. The van der Waals surface area contributed by atoms with E-state index in [-0.39, 0.29) is 18.4 Å². The van der Waals surface area contributed by atoms with Gasteiger partial charge in [-0.1, -0.05) is 29.0 Å². The lowest BCUT2D eigenvalue weighted by Gasteiger charge is -2.17. The number of ether oxygens (including phenoxy) is 1. The number of hydrogen-bond acceptors (Lipinski definition) is 8. The number of likely N-dealkylation sites (tertiary alicyclic amines) is 1. The van der Waals surface area contributed by atoms with E-state index < -0.39 is 18.2 Å². The van der Waals surface area contributed by atoms with Crippen LogP contribution in [0.3, 0.4) is 0 Å². The topological polar surface area (TPSA) is 148 Å². The molecule has 1 atom stereocenters. The van der Waals surface area contributed by atoms with Gasteiger partial charge < -0.3 is 25.8 Å². The molecule has 2 amide bonds. The summed E-state index contributed by atoms with van der Waals surface area (Å²) in [5.41, 5.74) is 7.52. The summed E-state index contributed by atoms with van der Waals surface area (Å²) in [5, 5.41) is 11.2. The van der Waals surface area contributed by atoms with Gasteiger partial charge in [0, 0.05) is 18.5 Å². The number of aliphatic carboxylic acids is 1. The van der Waals surface area contributed by atoms with Gasteiger partial charge in [-0.2, -0.15) is 13.2 Å². The van der Waals surface area contributed by atoms with Crippen LogP contribution in [0.25, 0.3) is 10.9 Å². The lowest BCUT2D eigenvalue weighted by atomic mass is 10.1. The molecule has 0 saturated carbocycles. The third kappa shape index (κ3) is 7.18. The molecule has 1 aliphatic heterocycles. The van der Waals surface area contributed by atoms with Crippen molar-refractivity contribution in [3.8, 4) is 5.06 Å². The van der Waals surface area contributed by atoms with Crippen molar-refractivity contribution in [3.63, 3.8) is 0 Å². The van der Waals surface area contributed by atoms with Crippen LogP contribution >= 0.6 is 22.9 Å². The number of aromatic nitrogens is 2. The van der Waals surface area contributed by atoms with Gasteiger partial charge in [-0.3, -0.25) is 9.59 Å². The third-order valence-corrected chi connectivity index (χ3v) is 6.02. The standard InChI is InChI=1S/C19H18ClN5O3S.C2HF3O2/c20-15-3-4-17(29-15)28-9-16(26)24-13-5-6-25(19(13)27)8-11-1-2-12-14(7-11)22-10-23-18(12)21;3-2(4,5)1(6)7/h1-4,7,10,13H,5-6,8-9H2,(H,24,26)(H2,21,22,23);(H,6,7)/t13-;/m0./s1. The Bertz CT molecular complexity index is 1270. The molecular weight excluding hydrogens is 527 g/mol. The predicted octanol–water partition coefficient (Wildman–Crippen LogP) is 2.86. The van der Waals surface area contributed by atoms with Crippen molar-refractivity contribution in [1.82, 2.24) is 20.2 Å². The predicted molar refractivity (Wildman–Crippen MR) is 124 cm³/mol. The van der Waals surface area contributed by atoms with Gasteiger partial charge in [-0.15, -0.1) is 0 Å². The Kier molecular flexibility index (Phi) is 8.53. The van der Waals surface area contributed by atoms with Gasteiger partial charge in [0.25, 0.3) is 5.91 Å². The van der Waals surface area contributed by atoms with Gasteiger partial charge in [-0.05, 0) is 36.2 Å². The van der Waals surface area contributed by atoms with Gasteiger partial charge in [0.05, 0.1) is 9.85 Å². The maximum Gasteiger partial charge on any atom is 0.490 e. The molecule has 0 unspecified atom stereocenters. The van der Waals surface area contributed by atoms with Crippen molar-refractivity contribution in [1.29, 1.82) is 0 Å². The van der Waals surface area contributed by atoms with E-state index in [1.54, 1.807) is 17.0 Å². The maximum absolute atomic E-state index is 12.7. The Morgan fingerprint density at radius 1 is 1.28 bits per heavy atom. The van der Waals surface area contributed by atoms with Crippen LogP contribution in [0.4, 0.5) is 19.0 Å². The minimum Gasteiger partial charge on any atom is -0.475 e. The number of nitrogens with one attached hydrogen (secondary N) is 1. The molecule has 4 N–H and O–H groups in total. The van der Waals surface area contributed by atoms with E-state index >= 15 is 0 Å². The normalized spacial score (nSPS) is 15.4. The fourth-order valence-electron chi connectivity index (χ4n) is 3.22. The zero-order valence-corrected chi connectivity index (χ0v) is 19.9. The second kappa shape index (κ2) is 11.4. The number of carbonyl (C=O) groups is 3. The van der Waals surface area contributed by atoms with Crippen molar-refractivity contribution in [3.05, 3.63) is 46.6 Å². The van der Waals surface area contributed by atoms with Crippen molar-refractivity contribution in [2.24, 2.45) is 0 Å². The summed E-state index contributed by atoms with van der Waals surface area (Å²) in [6.45, 7) is 0.844. The molecule has 1 aliphatic rings. The van der Waals surface area contributed by atoms with Crippen LogP contribution in [0.15, 0.2) is 36.7 Å². The lowest BCUT2D eigenvalue weighted by Crippen LogP contribution is -2.43. The highest BCUT2D eigenvalue weighted by molar-refractivity contribution is 7.17. The number of nitrogens with zero attached hydrogens (tertiary/aromatic N) is 3. The lowest BCUT2D eigenvalue weighted by molar-refractivity contribution is -0.192. The maximum atomic E-state index is 12.7. The van der Waals surface area contributed by atoms with Gasteiger partial charge in [0.2, 0.25) is 5.91 Å². The molecule has 15 heteroatoms. The summed E-state index contributed by atoms with van der Waals surface area (Å²) >= 11 is 7.08. The number of nitrogens with two attached hydrogens (primary N) is 1. The third-order valence-electron chi connectivity index (χ3n) is 4.87. The van der Waals surface area contributed by atoms with E-state index in [1.807, 2.05) is 18.2 Å². The van der Waals surface area contributed by atoms with Crippen molar-refractivity contribution >= 4 is 57.4 Å². The first-order valence-electron chi connectivity index (χ1n) is 10.2. The molecule has 0 bridgehead atoms. The highest BCUT2D eigenvalue weighted by Crippen LogP contribution is 2.28. The number of benzene rings is 1. The van der Waals surface area contributed by atoms with Crippen LogP contribution in [-0.2, 0) is 20.9 Å². The summed E-state index contributed by atoms with van der Waals surface area (Å²) in [6, 6.07) is 8.51. The van der Waals surface area contributed by atoms with E-state index in [0.717, 1.165) is 16.5 Å². The minimum absolute atomic E-state index is 0.111. The van der Waals surface area contributed by atoms with Gasteiger partial charge in [0.1, 0.15) is 18.2 Å². The monoisotopic (exact) mass is 545 g/mol. The minimum atomic E-state index is -5.08. The van der Waals surface area contributed by atoms with Crippen LogP contribution in [0.5, 0.6) is 5.06 Å². The fourth-order valence-corrected chi connectivity index (χ4v) is 4.09. The first-order valence-corrected chi connectivity index (χ1v) is 11.4. The number of anilines is 1. The van der Waals surface area contributed by atoms with Crippen LogP contribution in [0.2, 0.25) is 4.34 Å². The highest BCUT2D eigenvalue weighted by atomic mass is 35.5. The first kappa shape index (κ1) is 26.9. The van der Waals surface area contributed by atoms with Crippen molar-refractivity contribution in [2.75, 3.05) is 18.9 Å². The summed E-state index contributed by atoms with van der Waals surface area (Å²) in [6.07, 6.45) is -3.11. The number of carbonyl (C=O) groups excluding carboxylic acids is 2. The summed E-state index contributed by atoms with van der Waals surface area (Å²) in [7, 11) is 0. The van der Waals surface area contributed by atoms with E-state index in [9.17, 15) is 22.8 Å². The van der Waals surface area contributed by atoms with Gasteiger partial charge >= 0.3 is 12.1 Å². The zero-order chi connectivity index (χ0) is 26.5. The van der Waals surface area contributed by atoms with E-state index in [2.05, 4.69) is 15.3 Å². The number of carboxylic acid groups (broad SMARTS) is 1. The number of nitrogen functional groups attached to an aromatic ring is 1. The Hall–Kier alpha value is -3.65. The summed E-state index contributed by atoms with van der Waals surface area (Å²) < 4.78 is 37.7. The number of rotatable bonds is 6. The van der Waals surface area contributed by atoms with E-state index in [1.165, 1.54) is 17.7 Å². The molecule has 2 aromatic heterocycles. The Balaban J connectivity index is 0.000000454. The smallest absolute Gasteiger partial charge is 0.475 e. The Labute approximate surface area is 210 Å². The average molecular weight is 546 g/mol. The van der Waals surface area contributed by atoms with Crippen molar-refractivity contribution in [2.45, 2.75) is 25.2 Å². The summed E-state index contributed by atoms with van der Waals surface area (Å²) in [4.78, 5) is 43.6. The number of halogens is 4. The number of hydrogen-bond donors (Lipinski definition) is 3. The van der Waals surface area contributed by atoms with E-state index in [4.69, 9.17) is 32.0 Å². The number of alkyl halides is 3. The molecule has 1 saturated heterocycles. The molecule has 192 valence electrons. The largest absolute Gasteiger partial charge is 0.490 e. The van der Waals surface area contributed by atoms with Crippen LogP contribution in [0.1, 0.15) is 12.0 Å². The van der Waals surface area contributed by atoms with Gasteiger partial charge in [-0.25, -0.2) is 14.8 Å². The number of amides is 2. The molecule has 1 fully saturated rings. The molecule has 1 aromatic carbocycles. The first-order chi connectivity index (χ1) is 16.9. The van der Waals surface area contributed by atoms with Crippen LogP contribution in [-0.4, -0.2) is 63.1 Å². The Morgan fingerprint density at radius 2 is 2.00 bits per heavy atom. The second-order valence-electron chi connectivity index (χ2n) is 7.43. The Morgan fingerprint density at radius 3 is 2.64 bits per heavy atom. The van der Waals surface area contributed by atoms with Crippen molar-refractivity contribution < 1.29 is 37.4 Å². The molecule has 0 aliphatic carbocycles. The van der Waals surface area contributed by atoms with E-state index in [0.29, 0.717) is 34.7 Å². The second-order valence-corrected chi connectivity index (χ2v) is 9.11. The van der Waals surface area contributed by atoms with Crippen LogP contribution < -0.4 is 15.8 Å². The average Bonchev–Trinajstić information content (AvgIpc) is 3.38. The molecular formula is C21H19ClF3N5O5S. The molecule has 36 heavy (non-hydrogen) atoms.